The van der Waals surface area contributed by atoms with Crippen molar-refractivity contribution in [2.45, 2.75) is 20.8 Å². The maximum atomic E-state index is 12.9. The fraction of sp³-hybridized carbons (Fsp3) is 0.273. The van der Waals surface area contributed by atoms with Gasteiger partial charge in [-0.15, -0.1) is 0 Å². The van der Waals surface area contributed by atoms with E-state index in [2.05, 4.69) is 15.5 Å². The molecule has 0 unspecified atom stereocenters. The van der Waals surface area contributed by atoms with Crippen molar-refractivity contribution in [3.05, 3.63) is 53.7 Å². The Morgan fingerprint density at radius 3 is 2.38 bits per heavy atom. The molecule has 0 aliphatic carbocycles. The SMILES string of the molecule is CCOc1ccc(C(=O)Nc2n[nH]c(C)c2-c2ccc(OC)cc2)cc1OCC. The standard InChI is InChI=1S/C22H25N3O4/c1-5-28-18-12-9-16(13-19(18)29-6-2)22(26)23-21-20(14(3)24-25-21)15-7-10-17(27-4)11-8-15/h7-13H,5-6H2,1-4H3,(H2,23,24,25,26). The van der Waals surface area contributed by atoms with Gasteiger partial charge in [-0.05, 0) is 56.7 Å². The topological polar surface area (TPSA) is 85.5 Å². The zero-order valence-electron chi connectivity index (χ0n) is 17.0. The van der Waals surface area contributed by atoms with Crippen molar-refractivity contribution in [1.82, 2.24) is 10.2 Å². The van der Waals surface area contributed by atoms with Gasteiger partial charge in [-0.1, -0.05) is 12.1 Å². The van der Waals surface area contributed by atoms with Crippen molar-refractivity contribution in [2.24, 2.45) is 0 Å². The van der Waals surface area contributed by atoms with Gasteiger partial charge in [0.25, 0.3) is 5.91 Å². The highest BCUT2D eigenvalue weighted by molar-refractivity contribution is 6.06. The minimum Gasteiger partial charge on any atom is -0.497 e. The molecule has 7 heteroatoms. The van der Waals surface area contributed by atoms with Crippen LogP contribution in [0, 0.1) is 6.92 Å². The van der Waals surface area contributed by atoms with Crippen LogP contribution in [0.2, 0.25) is 0 Å². The van der Waals surface area contributed by atoms with Crippen LogP contribution < -0.4 is 19.5 Å². The van der Waals surface area contributed by atoms with E-state index in [0.29, 0.717) is 36.1 Å². The first-order chi connectivity index (χ1) is 14.1. The lowest BCUT2D eigenvalue weighted by Crippen LogP contribution is -2.13. The van der Waals surface area contributed by atoms with Gasteiger partial charge in [-0.3, -0.25) is 9.89 Å². The molecule has 0 saturated carbocycles. The van der Waals surface area contributed by atoms with Crippen molar-refractivity contribution in [3.63, 3.8) is 0 Å². The predicted octanol–water partition coefficient (Wildman–Crippen LogP) is 4.44. The molecule has 0 spiro atoms. The largest absolute Gasteiger partial charge is 0.497 e. The van der Waals surface area contributed by atoms with Crippen LogP contribution in [0.1, 0.15) is 29.9 Å². The number of hydrogen-bond donors (Lipinski definition) is 2. The van der Waals surface area contributed by atoms with E-state index in [9.17, 15) is 4.79 Å². The lowest BCUT2D eigenvalue weighted by molar-refractivity contribution is 0.102. The number of aryl methyl sites for hydroxylation is 1. The number of methoxy groups -OCH3 is 1. The summed E-state index contributed by atoms with van der Waals surface area (Å²) >= 11 is 0. The van der Waals surface area contributed by atoms with Gasteiger partial charge in [0.1, 0.15) is 5.75 Å². The van der Waals surface area contributed by atoms with Crippen molar-refractivity contribution in [2.75, 3.05) is 25.6 Å². The van der Waals surface area contributed by atoms with Crippen molar-refractivity contribution < 1.29 is 19.0 Å². The Hall–Kier alpha value is -3.48. The molecule has 1 amide bonds. The van der Waals surface area contributed by atoms with Gasteiger partial charge >= 0.3 is 0 Å². The van der Waals surface area contributed by atoms with E-state index in [1.165, 1.54) is 0 Å². The molecule has 1 aromatic heterocycles. The smallest absolute Gasteiger partial charge is 0.257 e. The number of benzene rings is 2. The van der Waals surface area contributed by atoms with Gasteiger partial charge in [0.2, 0.25) is 0 Å². The molecule has 3 rings (SSSR count). The third-order valence-corrected chi connectivity index (χ3v) is 4.36. The first-order valence-electron chi connectivity index (χ1n) is 9.47. The second-order valence-electron chi connectivity index (χ2n) is 6.28. The molecule has 0 radical (unpaired) electrons. The molecule has 0 saturated heterocycles. The predicted molar refractivity (Wildman–Crippen MR) is 112 cm³/mol. The number of amides is 1. The van der Waals surface area contributed by atoms with Crippen molar-refractivity contribution in [1.29, 1.82) is 0 Å². The van der Waals surface area contributed by atoms with Gasteiger partial charge < -0.3 is 19.5 Å². The number of rotatable bonds is 8. The van der Waals surface area contributed by atoms with Crippen LogP contribution >= 0.6 is 0 Å². The Labute approximate surface area is 170 Å². The van der Waals surface area contributed by atoms with Crippen molar-refractivity contribution >= 4 is 11.7 Å². The van der Waals surface area contributed by atoms with Crippen LogP contribution in [-0.4, -0.2) is 36.4 Å². The molecule has 2 aromatic carbocycles. The zero-order valence-corrected chi connectivity index (χ0v) is 17.0. The number of nitrogens with one attached hydrogen (secondary N) is 2. The molecule has 0 atom stereocenters. The number of hydrogen-bond acceptors (Lipinski definition) is 5. The number of carbonyl (C=O) groups is 1. The number of aromatic nitrogens is 2. The molecule has 0 aliphatic rings. The van der Waals surface area contributed by atoms with E-state index in [4.69, 9.17) is 14.2 Å². The van der Waals surface area contributed by atoms with E-state index < -0.39 is 0 Å². The van der Waals surface area contributed by atoms with E-state index in [0.717, 1.165) is 22.6 Å². The maximum absolute atomic E-state index is 12.9. The van der Waals surface area contributed by atoms with Gasteiger partial charge in [-0.25, -0.2) is 0 Å². The third-order valence-electron chi connectivity index (χ3n) is 4.36. The van der Waals surface area contributed by atoms with E-state index in [1.807, 2.05) is 45.0 Å². The quantitative estimate of drug-likeness (QED) is 0.589. The second kappa shape index (κ2) is 9.14. The van der Waals surface area contributed by atoms with Crippen LogP contribution in [0.3, 0.4) is 0 Å². The third kappa shape index (κ3) is 4.51. The van der Waals surface area contributed by atoms with Gasteiger partial charge in [0.15, 0.2) is 17.3 Å². The summed E-state index contributed by atoms with van der Waals surface area (Å²) in [5, 5.41) is 10.1. The highest BCUT2D eigenvalue weighted by Gasteiger charge is 2.17. The Morgan fingerprint density at radius 1 is 1.03 bits per heavy atom. The monoisotopic (exact) mass is 395 g/mol. The summed E-state index contributed by atoms with van der Waals surface area (Å²) in [6, 6.07) is 12.7. The van der Waals surface area contributed by atoms with Crippen LogP contribution in [0.15, 0.2) is 42.5 Å². The molecule has 29 heavy (non-hydrogen) atoms. The minimum atomic E-state index is -0.282. The normalized spacial score (nSPS) is 10.5. The molecular formula is C22H25N3O4. The summed E-state index contributed by atoms with van der Waals surface area (Å²) in [5.41, 5.74) is 3.07. The fourth-order valence-corrected chi connectivity index (χ4v) is 3.00. The molecule has 0 fully saturated rings. The molecule has 7 nitrogen and oxygen atoms in total. The summed E-state index contributed by atoms with van der Waals surface area (Å²) in [5.74, 6) is 2.09. The highest BCUT2D eigenvalue weighted by Crippen LogP contribution is 2.32. The highest BCUT2D eigenvalue weighted by atomic mass is 16.5. The summed E-state index contributed by atoms with van der Waals surface area (Å²) in [7, 11) is 1.62. The summed E-state index contributed by atoms with van der Waals surface area (Å²) in [6.45, 7) is 6.69. The number of nitrogens with zero attached hydrogens (tertiary/aromatic N) is 1. The second-order valence-corrected chi connectivity index (χ2v) is 6.28. The first-order valence-corrected chi connectivity index (χ1v) is 9.47. The van der Waals surface area contributed by atoms with Crippen LogP contribution in [0.4, 0.5) is 5.82 Å². The average Bonchev–Trinajstić information content (AvgIpc) is 3.09. The minimum absolute atomic E-state index is 0.282. The number of anilines is 1. The molecular weight excluding hydrogens is 370 g/mol. The number of carbonyl (C=O) groups excluding carboxylic acids is 1. The summed E-state index contributed by atoms with van der Waals surface area (Å²) < 4.78 is 16.4. The molecule has 152 valence electrons. The van der Waals surface area contributed by atoms with Gasteiger partial charge in [0.05, 0.1) is 20.3 Å². The number of ether oxygens (including phenoxy) is 3. The number of aromatic amines is 1. The van der Waals surface area contributed by atoms with E-state index >= 15 is 0 Å². The zero-order chi connectivity index (χ0) is 20.8. The van der Waals surface area contributed by atoms with Gasteiger partial charge in [0, 0.05) is 16.8 Å². The summed E-state index contributed by atoms with van der Waals surface area (Å²) in [6.07, 6.45) is 0. The van der Waals surface area contributed by atoms with Crippen molar-refractivity contribution in [3.8, 4) is 28.4 Å². The Kier molecular flexibility index (Phi) is 6.39. The maximum Gasteiger partial charge on any atom is 0.257 e. The fourth-order valence-electron chi connectivity index (χ4n) is 3.00. The molecule has 2 N–H and O–H groups in total. The van der Waals surface area contributed by atoms with Crippen LogP contribution in [0.25, 0.3) is 11.1 Å². The van der Waals surface area contributed by atoms with Crippen LogP contribution in [-0.2, 0) is 0 Å². The molecule has 3 aromatic rings. The average molecular weight is 395 g/mol. The van der Waals surface area contributed by atoms with Gasteiger partial charge in [-0.2, -0.15) is 5.10 Å². The summed E-state index contributed by atoms with van der Waals surface area (Å²) in [4.78, 5) is 12.9. The Bertz CT molecular complexity index is 980. The van der Waals surface area contributed by atoms with E-state index in [-0.39, 0.29) is 5.91 Å². The molecule has 1 heterocycles. The first kappa shape index (κ1) is 20.3. The molecule has 0 bridgehead atoms. The Balaban J connectivity index is 1.87. The molecule has 0 aliphatic heterocycles. The lowest BCUT2D eigenvalue weighted by Gasteiger charge is -2.12. The van der Waals surface area contributed by atoms with Crippen LogP contribution in [0.5, 0.6) is 17.2 Å². The van der Waals surface area contributed by atoms with E-state index in [1.54, 1.807) is 25.3 Å². The Morgan fingerprint density at radius 2 is 1.72 bits per heavy atom. The lowest BCUT2D eigenvalue weighted by atomic mass is 10.1. The number of H-pyrrole nitrogens is 1.